The van der Waals surface area contributed by atoms with E-state index in [1.165, 1.54) is 0 Å². The number of hydrogen-bond donors (Lipinski definition) is 2. The number of carbonyl (C=O) groups excluding carboxylic acids is 1. The summed E-state index contributed by atoms with van der Waals surface area (Å²) >= 11 is 5.87. The van der Waals surface area contributed by atoms with Crippen LogP contribution in [0.3, 0.4) is 0 Å². The largest absolute Gasteiger partial charge is 0.338 e. The molecule has 0 saturated carbocycles. The van der Waals surface area contributed by atoms with Crippen molar-refractivity contribution >= 4 is 23.3 Å². The molecule has 1 aromatic carbocycles. The fraction of sp³-hybridized carbons (Fsp3) is 0.333. The first kappa shape index (κ1) is 15.4. The minimum atomic E-state index is -0.235. The van der Waals surface area contributed by atoms with E-state index in [9.17, 15) is 4.79 Å². The van der Waals surface area contributed by atoms with E-state index in [4.69, 9.17) is 11.6 Å². The lowest BCUT2D eigenvalue weighted by Gasteiger charge is -2.14. The van der Waals surface area contributed by atoms with Crippen LogP contribution in [0.15, 0.2) is 36.5 Å². The predicted molar refractivity (Wildman–Crippen MR) is 84.6 cm³/mol. The van der Waals surface area contributed by atoms with Crippen molar-refractivity contribution in [2.75, 3.05) is 11.9 Å². The number of urea groups is 1. The zero-order chi connectivity index (χ0) is 15.2. The fourth-order valence-corrected chi connectivity index (χ4v) is 2.15. The van der Waals surface area contributed by atoms with Crippen molar-refractivity contribution in [2.24, 2.45) is 5.92 Å². The first-order valence-electron chi connectivity index (χ1n) is 6.83. The van der Waals surface area contributed by atoms with E-state index < -0.39 is 0 Å². The van der Waals surface area contributed by atoms with Crippen LogP contribution in [0.25, 0.3) is 0 Å². The summed E-state index contributed by atoms with van der Waals surface area (Å²) in [5.41, 5.74) is 1.79. The molecule has 0 fully saturated rings. The van der Waals surface area contributed by atoms with Crippen LogP contribution in [0.1, 0.15) is 12.6 Å². The molecule has 21 heavy (non-hydrogen) atoms. The lowest BCUT2D eigenvalue weighted by Crippen LogP contribution is -2.33. The van der Waals surface area contributed by atoms with Gasteiger partial charge in [-0.1, -0.05) is 24.6 Å². The van der Waals surface area contributed by atoms with E-state index in [2.05, 4.69) is 22.7 Å². The number of nitrogens with zero attached hydrogens (tertiary/aromatic N) is 2. The maximum absolute atomic E-state index is 11.8. The Hall–Kier alpha value is -2.01. The van der Waals surface area contributed by atoms with Gasteiger partial charge in [0.05, 0.1) is 0 Å². The van der Waals surface area contributed by atoms with Crippen molar-refractivity contribution in [1.82, 2.24) is 15.1 Å². The number of nitrogens with one attached hydrogen (secondary N) is 2. The molecule has 2 amide bonds. The standard InChI is InChI=1S/C15H19ClN4O/c1-11(10-20-12(2)6-7-18-20)9-17-15(21)19-14-5-3-4-13(16)8-14/h3-8,11H,9-10H2,1-2H3,(H2,17,19,21)/t11-/m1/s1. The van der Waals surface area contributed by atoms with Crippen LogP contribution in [0.4, 0.5) is 10.5 Å². The summed E-state index contributed by atoms with van der Waals surface area (Å²) in [6.07, 6.45) is 1.78. The summed E-state index contributed by atoms with van der Waals surface area (Å²) in [6, 6.07) is 8.78. The average Bonchev–Trinajstić information content (AvgIpc) is 2.82. The zero-order valence-corrected chi connectivity index (χ0v) is 12.9. The normalized spacial score (nSPS) is 12.0. The van der Waals surface area contributed by atoms with Crippen molar-refractivity contribution in [3.8, 4) is 0 Å². The SMILES string of the molecule is Cc1ccnn1C[C@H](C)CNC(=O)Nc1cccc(Cl)c1. The molecule has 1 atom stereocenters. The van der Waals surface area contributed by atoms with Crippen LogP contribution in [0.5, 0.6) is 0 Å². The quantitative estimate of drug-likeness (QED) is 0.890. The number of anilines is 1. The molecule has 0 aliphatic rings. The highest BCUT2D eigenvalue weighted by atomic mass is 35.5. The Bertz CT molecular complexity index is 611. The molecular formula is C15H19ClN4O. The maximum Gasteiger partial charge on any atom is 0.319 e. The predicted octanol–water partition coefficient (Wildman–Crippen LogP) is 3.30. The van der Waals surface area contributed by atoms with Crippen LogP contribution >= 0.6 is 11.6 Å². The minimum absolute atomic E-state index is 0.235. The average molecular weight is 307 g/mol. The van der Waals surface area contributed by atoms with Gasteiger partial charge in [-0.25, -0.2) is 4.79 Å². The summed E-state index contributed by atoms with van der Waals surface area (Å²) in [7, 11) is 0. The van der Waals surface area contributed by atoms with E-state index in [1.807, 2.05) is 17.7 Å². The molecule has 6 heteroatoms. The highest BCUT2D eigenvalue weighted by Crippen LogP contribution is 2.14. The lowest BCUT2D eigenvalue weighted by atomic mass is 10.2. The molecule has 1 heterocycles. The molecule has 0 bridgehead atoms. The summed E-state index contributed by atoms with van der Waals surface area (Å²) in [5.74, 6) is 0.286. The van der Waals surface area contributed by atoms with Gasteiger partial charge in [-0.3, -0.25) is 4.68 Å². The Kier molecular flexibility index (Phi) is 5.22. The molecular weight excluding hydrogens is 288 g/mol. The molecule has 5 nitrogen and oxygen atoms in total. The number of aromatic nitrogens is 2. The molecule has 112 valence electrons. The molecule has 0 unspecified atom stereocenters. The van der Waals surface area contributed by atoms with Crippen LogP contribution in [0, 0.1) is 12.8 Å². The molecule has 0 radical (unpaired) electrons. The number of rotatable bonds is 5. The molecule has 2 aromatic rings. The summed E-state index contributed by atoms with van der Waals surface area (Å²) < 4.78 is 1.93. The first-order chi connectivity index (χ1) is 10.0. The van der Waals surface area contributed by atoms with Crippen LogP contribution in [-0.4, -0.2) is 22.4 Å². The number of aryl methyl sites for hydroxylation is 1. The van der Waals surface area contributed by atoms with Crippen molar-refractivity contribution < 1.29 is 4.79 Å². The highest BCUT2D eigenvalue weighted by Gasteiger charge is 2.08. The van der Waals surface area contributed by atoms with Crippen LogP contribution in [0.2, 0.25) is 5.02 Å². The smallest absolute Gasteiger partial charge is 0.319 e. The Morgan fingerprint density at radius 3 is 2.90 bits per heavy atom. The van der Waals surface area contributed by atoms with E-state index >= 15 is 0 Å². The second-order valence-corrected chi connectivity index (χ2v) is 5.54. The van der Waals surface area contributed by atoms with Gasteiger partial charge in [0.2, 0.25) is 0 Å². The molecule has 0 spiro atoms. The van der Waals surface area contributed by atoms with Crippen molar-refractivity contribution in [2.45, 2.75) is 20.4 Å². The maximum atomic E-state index is 11.8. The van der Waals surface area contributed by atoms with Crippen LogP contribution < -0.4 is 10.6 Å². The van der Waals surface area contributed by atoms with Gasteiger partial charge < -0.3 is 10.6 Å². The van der Waals surface area contributed by atoms with Crippen LogP contribution in [-0.2, 0) is 6.54 Å². The Morgan fingerprint density at radius 2 is 2.24 bits per heavy atom. The highest BCUT2D eigenvalue weighted by molar-refractivity contribution is 6.30. The lowest BCUT2D eigenvalue weighted by molar-refractivity contribution is 0.249. The van der Waals surface area contributed by atoms with Gasteiger partial charge in [0.25, 0.3) is 0 Å². The second-order valence-electron chi connectivity index (χ2n) is 5.11. The van der Waals surface area contributed by atoms with Gasteiger partial charge in [-0.15, -0.1) is 0 Å². The molecule has 1 aromatic heterocycles. The van der Waals surface area contributed by atoms with Crippen molar-refractivity contribution in [1.29, 1.82) is 0 Å². The van der Waals surface area contributed by atoms with E-state index in [0.29, 0.717) is 17.3 Å². The third-order valence-electron chi connectivity index (χ3n) is 3.11. The van der Waals surface area contributed by atoms with Crippen molar-refractivity contribution in [3.63, 3.8) is 0 Å². The topological polar surface area (TPSA) is 59.0 Å². The van der Waals surface area contributed by atoms with E-state index in [1.54, 1.807) is 30.5 Å². The summed E-state index contributed by atoms with van der Waals surface area (Å²) in [6.45, 7) is 5.43. The van der Waals surface area contributed by atoms with Gasteiger partial charge >= 0.3 is 6.03 Å². The van der Waals surface area contributed by atoms with Gasteiger partial charge in [0.15, 0.2) is 0 Å². The summed E-state index contributed by atoms with van der Waals surface area (Å²) in [4.78, 5) is 11.8. The minimum Gasteiger partial charge on any atom is -0.338 e. The number of amides is 2. The van der Waals surface area contributed by atoms with Gasteiger partial charge in [0.1, 0.15) is 0 Å². The third-order valence-corrected chi connectivity index (χ3v) is 3.34. The Balaban J connectivity index is 1.77. The Labute approximate surface area is 129 Å². The molecule has 0 aliphatic heterocycles. The van der Waals surface area contributed by atoms with Gasteiger partial charge in [0, 0.05) is 35.7 Å². The van der Waals surface area contributed by atoms with E-state index in [0.717, 1.165) is 12.2 Å². The van der Waals surface area contributed by atoms with Gasteiger partial charge in [-0.2, -0.15) is 5.10 Å². The zero-order valence-electron chi connectivity index (χ0n) is 12.1. The van der Waals surface area contributed by atoms with E-state index in [-0.39, 0.29) is 11.9 Å². The first-order valence-corrected chi connectivity index (χ1v) is 7.21. The summed E-state index contributed by atoms with van der Waals surface area (Å²) in [5, 5.41) is 10.4. The number of hydrogen-bond acceptors (Lipinski definition) is 2. The van der Waals surface area contributed by atoms with Crippen molar-refractivity contribution in [3.05, 3.63) is 47.2 Å². The molecule has 2 rings (SSSR count). The number of benzene rings is 1. The third kappa shape index (κ3) is 4.79. The van der Waals surface area contributed by atoms with Gasteiger partial charge in [-0.05, 0) is 37.1 Å². The fourth-order valence-electron chi connectivity index (χ4n) is 1.96. The Morgan fingerprint density at radius 1 is 1.43 bits per heavy atom. The number of halogens is 1. The second kappa shape index (κ2) is 7.13. The molecule has 0 aliphatic carbocycles. The number of carbonyl (C=O) groups is 1. The molecule has 0 saturated heterocycles. The molecule has 2 N–H and O–H groups in total. The monoisotopic (exact) mass is 306 g/mol.